The van der Waals surface area contributed by atoms with Gasteiger partial charge in [0.05, 0.1) is 24.2 Å². The van der Waals surface area contributed by atoms with Crippen LogP contribution in [0.15, 0.2) is 25.2 Å². The van der Waals surface area contributed by atoms with Gasteiger partial charge in [-0.2, -0.15) is 10.2 Å². The van der Waals surface area contributed by atoms with Gasteiger partial charge in [0.1, 0.15) is 24.8 Å². The number of rotatable bonds is 3. The molecule has 3 aromatic heterocycles. The molecule has 4 rings (SSSR count). The second-order valence-corrected chi connectivity index (χ2v) is 5.66. The largest absolute Gasteiger partial charge is 0.351 e. The van der Waals surface area contributed by atoms with Crippen LogP contribution in [0.1, 0.15) is 19.3 Å². The zero-order valence-corrected chi connectivity index (χ0v) is 12.5. The van der Waals surface area contributed by atoms with Crippen molar-refractivity contribution in [1.29, 1.82) is 0 Å². The third-order valence-electron chi connectivity index (χ3n) is 4.27. The van der Waals surface area contributed by atoms with Gasteiger partial charge in [0, 0.05) is 13.6 Å². The molecule has 3 aromatic rings. The SMILES string of the molecule is Cn1ncc2c(N3CCCC[C@@H]3Cn3cncn3)ncnc21. The molecule has 0 aromatic carbocycles. The second kappa shape index (κ2) is 5.36. The molecule has 0 saturated carbocycles. The molecule has 0 unspecified atom stereocenters. The summed E-state index contributed by atoms with van der Waals surface area (Å²) in [7, 11) is 1.90. The molecular weight excluding hydrogens is 280 g/mol. The number of nitrogens with zero attached hydrogens (tertiary/aromatic N) is 8. The van der Waals surface area contributed by atoms with Crippen molar-refractivity contribution in [1.82, 2.24) is 34.5 Å². The zero-order chi connectivity index (χ0) is 14.9. The molecule has 1 fully saturated rings. The molecule has 0 aliphatic carbocycles. The van der Waals surface area contributed by atoms with E-state index in [9.17, 15) is 0 Å². The Morgan fingerprint density at radius 3 is 3.00 bits per heavy atom. The summed E-state index contributed by atoms with van der Waals surface area (Å²) in [5.74, 6) is 0.975. The Kier molecular flexibility index (Phi) is 3.21. The Hall–Kier alpha value is -2.51. The molecule has 114 valence electrons. The third-order valence-corrected chi connectivity index (χ3v) is 4.27. The second-order valence-electron chi connectivity index (χ2n) is 5.66. The minimum atomic E-state index is 0.369. The van der Waals surface area contributed by atoms with Crippen molar-refractivity contribution < 1.29 is 0 Å². The predicted octanol–water partition coefficient (Wildman–Crippen LogP) is 1.01. The minimum Gasteiger partial charge on any atom is -0.351 e. The van der Waals surface area contributed by atoms with Crippen LogP contribution < -0.4 is 4.90 Å². The van der Waals surface area contributed by atoms with Crippen molar-refractivity contribution in [3.05, 3.63) is 25.2 Å². The van der Waals surface area contributed by atoms with E-state index in [4.69, 9.17) is 0 Å². The first-order valence-corrected chi connectivity index (χ1v) is 7.54. The fourth-order valence-electron chi connectivity index (χ4n) is 3.19. The summed E-state index contributed by atoms with van der Waals surface area (Å²) in [6.07, 6.45) is 10.4. The standard InChI is InChI=1S/C14H18N8/c1-20-13-12(6-18-20)14(17-9-16-13)22-5-3-2-4-11(22)7-21-10-15-8-19-21/h6,8-11H,2-5,7H2,1H3/t11-/m1/s1. The molecule has 8 nitrogen and oxygen atoms in total. The van der Waals surface area contributed by atoms with E-state index in [1.54, 1.807) is 23.7 Å². The van der Waals surface area contributed by atoms with E-state index in [1.165, 1.54) is 12.8 Å². The first kappa shape index (κ1) is 13.2. The summed E-state index contributed by atoms with van der Waals surface area (Å²) in [5.41, 5.74) is 0.870. The lowest BCUT2D eigenvalue weighted by Crippen LogP contribution is -2.43. The van der Waals surface area contributed by atoms with Gasteiger partial charge in [-0.05, 0) is 19.3 Å². The highest BCUT2D eigenvalue weighted by Gasteiger charge is 2.26. The summed E-state index contributed by atoms with van der Waals surface area (Å²) in [6.45, 7) is 1.83. The molecule has 1 aliphatic rings. The van der Waals surface area contributed by atoms with Crippen LogP contribution in [-0.4, -0.2) is 47.1 Å². The Balaban J connectivity index is 1.71. The highest BCUT2D eigenvalue weighted by Crippen LogP contribution is 2.29. The van der Waals surface area contributed by atoms with Crippen LogP contribution in [0.4, 0.5) is 5.82 Å². The van der Waals surface area contributed by atoms with Gasteiger partial charge < -0.3 is 4.90 Å². The van der Waals surface area contributed by atoms with Crippen LogP contribution in [0, 0.1) is 0 Å². The first-order valence-electron chi connectivity index (χ1n) is 7.54. The predicted molar refractivity (Wildman–Crippen MR) is 81.3 cm³/mol. The van der Waals surface area contributed by atoms with Crippen LogP contribution in [0.2, 0.25) is 0 Å². The molecular formula is C14H18N8. The molecule has 0 spiro atoms. The lowest BCUT2D eigenvalue weighted by molar-refractivity contribution is 0.397. The molecule has 8 heteroatoms. The zero-order valence-electron chi connectivity index (χ0n) is 12.5. The summed E-state index contributed by atoms with van der Waals surface area (Å²) in [6, 6.07) is 0.369. The van der Waals surface area contributed by atoms with Gasteiger partial charge in [0.2, 0.25) is 0 Å². The lowest BCUT2D eigenvalue weighted by atomic mass is 10.0. The fraction of sp³-hybridized carbons (Fsp3) is 0.500. The van der Waals surface area contributed by atoms with Crippen LogP contribution in [0.3, 0.4) is 0 Å². The Morgan fingerprint density at radius 2 is 2.14 bits per heavy atom. The van der Waals surface area contributed by atoms with Crippen LogP contribution in [-0.2, 0) is 13.6 Å². The maximum absolute atomic E-state index is 4.54. The fourth-order valence-corrected chi connectivity index (χ4v) is 3.19. The maximum Gasteiger partial charge on any atom is 0.163 e. The summed E-state index contributed by atoms with van der Waals surface area (Å²) in [4.78, 5) is 15.3. The number of hydrogen-bond acceptors (Lipinski definition) is 6. The molecule has 0 amide bonds. The Labute approximate surface area is 127 Å². The van der Waals surface area contributed by atoms with Gasteiger partial charge in [-0.25, -0.2) is 15.0 Å². The van der Waals surface area contributed by atoms with Crippen LogP contribution >= 0.6 is 0 Å². The summed E-state index contributed by atoms with van der Waals surface area (Å²) >= 11 is 0. The van der Waals surface area contributed by atoms with E-state index < -0.39 is 0 Å². The molecule has 1 atom stereocenters. The Bertz CT molecular complexity index is 762. The number of aromatic nitrogens is 7. The van der Waals surface area contributed by atoms with Gasteiger partial charge in [0.15, 0.2) is 5.65 Å². The molecule has 1 aliphatic heterocycles. The van der Waals surface area contributed by atoms with Crippen molar-refractivity contribution in [3.63, 3.8) is 0 Å². The van der Waals surface area contributed by atoms with Gasteiger partial charge in [0.25, 0.3) is 0 Å². The maximum atomic E-state index is 4.54. The number of hydrogen-bond donors (Lipinski definition) is 0. The van der Waals surface area contributed by atoms with Crippen LogP contribution in [0.25, 0.3) is 11.0 Å². The topological polar surface area (TPSA) is 77.5 Å². The number of piperidine rings is 1. The summed E-state index contributed by atoms with van der Waals surface area (Å²) in [5, 5.41) is 9.56. The molecule has 1 saturated heterocycles. The number of fused-ring (bicyclic) bond motifs is 1. The van der Waals surface area contributed by atoms with E-state index in [0.29, 0.717) is 6.04 Å². The molecule has 4 heterocycles. The van der Waals surface area contributed by atoms with E-state index in [1.807, 2.05) is 17.9 Å². The van der Waals surface area contributed by atoms with Gasteiger partial charge in [-0.1, -0.05) is 0 Å². The average molecular weight is 298 g/mol. The quantitative estimate of drug-likeness (QED) is 0.718. The van der Waals surface area contributed by atoms with Crippen molar-refractivity contribution >= 4 is 16.9 Å². The molecule has 22 heavy (non-hydrogen) atoms. The van der Waals surface area contributed by atoms with Crippen molar-refractivity contribution in [2.45, 2.75) is 31.8 Å². The monoisotopic (exact) mass is 298 g/mol. The molecule has 0 N–H and O–H groups in total. The first-order chi connectivity index (χ1) is 10.8. The summed E-state index contributed by atoms with van der Waals surface area (Å²) < 4.78 is 3.68. The smallest absolute Gasteiger partial charge is 0.163 e. The van der Waals surface area contributed by atoms with Crippen molar-refractivity contribution in [2.24, 2.45) is 7.05 Å². The number of aryl methyl sites for hydroxylation is 1. The third kappa shape index (κ3) is 2.20. The van der Waals surface area contributed by atoms with Gasteiger partial charge in [-0.15, -0.1) is 0 Å². The van der Waals surface area contributed by atoms with Gasteiger partial charge >= 0.3 is 0 Å². The lowest BCUT2D eigenvalue weighted by Gasteiger charge is -2.36. The van der Waals surface area contributed by atoms with Crippen molar-refractivity contribution in [2.75, 3.05) is 11.4 Å². The average Bonchev–Trinajstić information content (AvgIpc) is 3.18. The molecule has 0 bridgehead atoms. The minimum absolute atomic E-state index is 0.369. The van der Waals surface area contributed by atoms with Crippen molar-refractivity contribution in [3.8, 4) is 0 Å². The van der Waals surface area contributed by atoms with Gasteiger partial charge in [-0.3, -0.25) is 9.36 Å². The van der Waals surface area contributed by atoms with E-state index >= 15 is 0 Å². The number of anilines is 1. The van der Waals surface area contributed by atoms with Crippen LogP contribution in [0.5, 0.6) is 0 Å². The normalized spacial score (nSPS) is 19.0. The van der Waals surface area contributed by atoms with E-state index in [-0.39, 0.29) is 0 Å². The Morgan fingerprint density at radius 1 is 1.18 bits per heavy atom. The molecule has 0 radical (unpaired) electrons. The highest BCUT2D eigenvalue weighted by atomic mass is 15.3. The highest BCUT2D eigenvalue weighted by molar-refractivity contribution is 5.86. The van der Waals surface area contributed by atoms with E-state index in [0.717, 1.165) is 36.4 Å². The van der Waals surface area contributed by atoms with E-state index in [2.05, 4.69) is 30.0 Å².